The van der Waals surface area contributed by atoms with Gasteiger partial charge in [-0.05, 0) is 24.3 Å². The van der Waals surface area contributed by atoms with Gasteiger partial charge in [0.2, 0.25) is 0 Å². The van der Waals surface area contributed by atoms with Crippen molar-refractivity contribution in [3.8, 4) is 17.1 Å². The summed E-state index contributed by atoms with van der Waals surface area (Å²) in [7, 11) is 0. The van der Waals surface area contributed by atoms with Gasteiger partial charge in [-0.3, -0.25) is 9.47 Å². The quantitative estimate of drug-likeness (QED) is 0.230. The number of para-hydroxylation sites is 1. The Balaban J connectivity index is 0.00000337. The molecule has 0 saturated carbocycles. The van der Waals surface area contributed by atoms with E-state index < -0.39 is 6.10 Å². The lowest BCUT2D eigenvalue weighted by molar-refractivity contribution is 0.118. The number of nitrogens with one attached hydrogen (secondary N) is 1. The molecule has 41 heavy (non-hydrogen) atoms. The van der Waals surface area contributed by atoms with Crippen LogP contribution in [-0.4, -0.2) is 74.9 Å². The maximum Gasteiger partial charge on any atom is 0.170 e. The van der Waals surface area contributed by atoms with Crippen molar-refractivity contribution < 1.29 is 5.11 Å². The average Bonchev–Trinajstić information content (AvgIpc) is 3.39. The van der Waals surface area contributed by atoms with Crippen molar-refractivity contribution in [1.82, 2.24) is 24.4 Å². The fourth-order valence-electron chi connectivity index (χ4n) is 5.11. The van der Waals surface area contributed by atoms with Crippen LogP contribution in [0.5, 0.6) is 0 Å². The fourth-order valence-corrected chi connectivity index (χ4v) is 5.52. The van der Waals surface area contributed by atoms with E-state index in [-0.39, 0.29) is 12.4 Å². The van der Waals surface area contributed by atoms with Crippen LogP contribution in [0, 0.1) is 0 Å². The maximum atomic E-state index is 10.9. The normalized spacial score (nSPS) is 14.6. The largest absolute Gasteiger partial charge is 0.390 e. The van der Waals surface area contributed by atoms with Crippen LogP contribution in [0.15, 0.2) is 85.2 Å². The van der Waals surface area contributed by atoms with Gasteiger partial charge < -0.3 is 15.3 Å². The number of anilines is 2. The van der Waals surface area contributed by atoms with Crippen molar-refractivity contribution in [1.29, 1.82) is 0 Å². The predicted molar refractivity (Wildman–Crippen MR) is 169 cm³/mol. The highest BCUT2D eigenvalue weighted by molar-refractivity contribution is 6.43. The number of aliphatic hydroxyl groups is 1. The molecule has 1 aliphatic heterocycles. The Bertz CT molecular complexity index is 1590. The first kappa shape index (κ1) is 29.1. The summed E-state index contributed by atoms with van der Waals surface area (Å²) in [5, 5.41) is 15.4. The van der Waals surface area contributed by atoms with Crippen LogP contribution in [0.4, 0.5) is 11.5 Å². The Labute approximate surface area is 255 Å². The lowest BCUT2D eigenvalue weighted by atomic mass is 10.2. The van der Waals surface area contributed by atoms with E-state index in [1.807, 2.05) is 77.4 Å². The number of fused-ring (bicyclic) bond motifs is 1. The van der Waals surface area contributed by atoms with E-state index in [9.17, 15) is 5.11 Å². The number of nitrogens with zero attached hydrogens (tertiary/aromatic N) is 6. The Morgan fingerprint density at radius 3 is 2.29 bits per heavy atom. The van der Waals surface area contributed by atoms with Gasteiger partial charge in [-0.1, -0.05) is 77.8 Å². The second-order valence-corrected chi connectivity index (χ2v) is 10.5. The molecule has 1 saturated heterocycles. The molecule has 212 valence electrons. The van der Waals surface area contributed by atoms with Gasteiger partial charge >= 0.3 is 0 Å². The second kappa shape index (κ2) is 13.1. The molecular weight excluding hydrogens is 581 g/mol. The van der Waals surface area contributed by atoms with E-state index in [2.05, 4.69) is 25.1 Å². The Morgan fingerprint density at radius 1 is 0.854 bits per heavy atom. The molecule has 3 aromatic carbocycles. The maximum absolute atomic E-state index is 10.9. The molecule has 0 radical (unpaired) electrons. The van der Waals surface area contributed by atoms with Gasteiger partial charge in [0, 0.05) is 50.5 Å². The zero-order valence-corrected chi connectivity index (χ0v) is 24.5. The number of halogens is 3. The van der Waals surface area contributed by atoms with E-state index in [0.717, 1.165) is 48.9 Å². The predicted octanol–water partition coefficient (Wildman–Crippen LogP) is 5.81. The van der Waals surface area contributed by atoms with Gasteiger partial charge in [-0.2, -0.15) is 0 Å². The SMILES string of the molecule is Cl.O[C@@H](CNc1ncnc2c1nc(-c1ccccc1)n2-c1ccccc1)CN1CCN(c2cccc(Cl)c2Cl)CC1. The zero-order valence-electron chi connectivity index (χ0n) is 22.2. The lowest BCUT2D eigenvalue weighted by Gasteiger charge is -2.37. The molecule has 1 aliphatic rings. The van der Waals surface area contributed by atoms with Crippen molar-refractivity contribution in [2.75, 3.05) is 49.5 Å². The van der Waals surface area contributed by atoms with E-state index in [4.69, 9.17) is 28.2 Å². The van der Waals surface area contributed by atoms with Gasteiger partial charge in [0.1, 0.15) is 12.2 Å². The number of piperazine rings is 1. The van der Waals surface area contributed by atoms with E-state index in [1.165, 1.54) is 6.33 Å². The summed E-state index contributed by atoms with van der Waals surface area (Å²) >= 11 is 12.6. The molecule has 8 nitrogen and oxygen atoms in total. The monoisotopic (exact) mass is 609 g/mol. The molecule has 5 aromatic rings. The van der Waals surface area contributed by atoms with Gasteiger partial charge in [0.05, 0.1) is 21.8 Å². The number of benzene rings is 3. The summed E-state index contributed by atoms with van der Waals surface area (Å²) in [6.45, 7) is 4.15. The Morgan fingerprint density at radius 2 is 1.56 bits per heavy atom. The highest BCUT2D eigenvalue weighted by Gasteiger charge is 2.23. The molecule has 2 aromatic heterocycles. The molecule has 1 fully saturated rings. The Kier molecular flexibility index (Phi) is 9.27. The number of β-amino-alcohol motifs (C(OH)–C–C–N with tert-alkyl or cyclic N) is 1. The minimum atomic E-state index is -0.587. The number of rotatable bonds is 8. The number of hydrogen-bond acceptors (Lipinski definition) is 7. The van der Waals surface area contributed by atoms with Gasteiger partial charge in [-0.25, -0.2) is 15.0 Å². The summed E-state index contributed by atoms with van der Waals surface area (Å²) in [4.78, 5) is 18.5. The minimum Gasteiger partial charge on any atom is -0.390 e. The molecule has 0 amide bonds. The number of imidazole rings is 1. The van der Waals surface area contributed by atoms with E-state index in [1.54, 1.807) is 6.07 Å². The molecule has 6 rings (SSSR count). The van der Waals surface area contributed by atoms with Crippen molar-refractivity contribution in [3.05, 3.63) is 95.2 Å². The second-order valence-electron chi connectivity index (χ2n) is 9.76. The van der Waals surface area contributed by atoms with E-state index >= 15 is 0 Å². The molecule has 0 spiro atoms. The third-order valence-electron chi connectivity index (χ3n) is 7.11. The van der Waals surface area contributed by atoms with Gasteiger partial charge in [0.15, 0.2) is 17.0 Å². The number of aromatic nitrogens is 4. The van der Waals surface area contributed by atoms with Crippen molar-refractivity contribution in [3.63, 3.8) is 0 Å². The topological polar surface area (TPSA) is 82.3 Å². The molecular formula is C30H30Cl3N7O. The zero-order chi connectivity index (χ0) is 27.5. The molecule has 0 unspecified atom stereocenters. The lowest BCUT2D eigenvalue weighted by Crippen LogP contribution is -2.49. The van der Waals surface area contributed by atoms with Crippen LogP contribution in [0.25, 0.3) is 28.2 Å². The third-order valence-corrected chi connectivity index (χ3v) is 7.92. The first-order valence-corrected chi connectivity index (χ1v) is 14.0. The number of aliphatic hydroxyl groups excluding tert-OH is 1. The molecule has 2 N–H and O–H groups in total. The van der Waals surface area contributed by atoms with Crippen LogP contribution in [0.3, 0.4) is 0 Å². The fraction of sp³-hybridized carbons (Fsp3) is 0.233. The standard InChI is InChI=1S/C30H29Cl2N7O.ClH/c31-24-12-7-13-25(26(24)32)38-16-14-37(15-17-38)19-23(40)18-33-28-27-30(35-20-34-28)39(22-10-5-2-6-11-22)29(36-27)21-8-3-1-4-9-21;/h1-13,20,23,40H,14-19H2,(H,33,34,35);1H/t23-;/m0./s1. The molecule has 0 bridgehead atoms. The van der Waals surface area contributed by atoms with Crippen LogP contribution in [-0.2, 0) is 0 Å². The summed E-state index contributed by atoms with van der Waals surface area (Å²) in [5.41, 5.74) is 4.26. The summed E-state index contributed by atoms with van der Waals surface area (Å²) < 4.78 is 2.04. The summed E-state index contributed by atoms with van der Waals surface area (Å²) in [5.74, 6) is 1.37. The van der Waals surface area contributed by atoms with Crippen molar-refractivity contribution >= 4 is 58.3 Å². The van der Waals surface area contributed by atoms with Crippen LogP contribution in [0.2, 0.25) is 10.0 Å². The van der Waals surface area contributed by atoms with Crippen molar-refractivity contribution in [2.24, 2.45) is 0 Å². The van der Waals surface area contributed by atoms with Gasteiger partial charge in [-0.15, -0.1) is 12.4 Å². The highest BCUT2D eigenvalue weighted by Crippen LogP contribution is 2.33. The molecule has 3 heterocycles. The number of hydrogen-bond donors (Lipinski definition) is 2. The highest BCUT2D eigenvalue weighted by atomic mass is 35.5. The molecule has 0 aliphatic carbocycles. The average molecular weight is 611 g/mol. The first-order valence-electron chi connectivity index (χ1n) is 13.3. The third kappa shape index (κ3) is 6.27. The summed E-state index contributed by atoms with van der Waals surface area (Å²) in [6, 6.07) is 25.8. The Hall–Kier alpha value is -3.40. The summed E-state index contributed by atoms with van der Waals surface area (Å²) in [6.07, 6.45) is 0.948. The minimum absolute atomic E-state index is 0. The van der Waals surface area contributed by atoms with Crippen LogP contribution in [0.1, 0.15) is 0 Å². The van der Waals surface area contributed by atoms with Gasteiger partial charge in [0.25, 0.3) is 0 Å². The van der Waals surface area contributed by atoms with E-state index in [0.29, 0.717) is 40.1 Å². The molecule has 11 heteroatoms. The van der Waals surface area contributed by atoms with Crippen LogP contribution >= 0.6 is 35.6 Å². The smallest absolute Gasteiger partial charge is 0.170 e. The van der Waals surface area contributed by atoms with Crippen LogP contribution < -0.4 is 10.2 Å². The van der Waals surface area contributed by atoms with Crippen molar-refractivity contribution in [2.45, 2.75) is 6.10 Å². The molecule has 1 atom stereocenters. The first-order chi connectivity index (χ1) is 19.6.